The van der Waals surface area contributed by atoms with E-state index in [1.54, 1.807) is 0 Å². The van der Waals surface area contributed by atoms with Gasteiger partial charge in [-0.25, -0.2) is 0 Å². The summed E-state index contributed by atoms with van der Waals surface area (Å²) in [6.45, 7) is 10.7. The van der Waals surface area contributed by atoms with Gasteiger partial charge in [0.25, 0.3) is 0 Å². The molecule has 0 heterocycles. The van der Waals surface area contributed by atoms with Gasteiger partial charge in [0.15, 0.2) is 0 Å². The van der Waals surface area contributed by atoms with E-state index in [1.165, 1.54) is 38.5 Å². The molecule has 0 bridgehead atoms. The highest BCUT2D eigenvalue weighted by molar-refractivity contribution is 6.27. The predicted molar refractivity (Wildman–Crippen MR) is 93.9 cm³/mol. The van der Waals surface area contributed by atoms with Crippen molar-refractivity contribution in [2.75, 3.05) is 19.0 Å². The summed E-state index contributed by atoms with van der Waals surface area (Å²) in [6.07, 6.45) is 9.73. The summed E-state index contributed by atoms with van der Waals surface area (Å²) in [5.41, 5.74) is 0. The van der Waals surface area contributed by atoms with Crippen LogP contribution in [0.3, 0.4) is 0 Å². The lowest BCUT2D eigenvalue weighted by Crippen LogP contribution is -2.39. The quantitative estimate of drug-likeness (QED) is 0.411. The molecule has 0 spiro atoms. The van der Waals surface area contributed by atoms with Gasteiger partial charge in [0.2, 0.25) is 5.91 Å². The minimum Gasteiger partial charge on any atom is -0.341 e. The van der Waals surface area contributed by atoms with Crippen LogP contribution < -0.4 is 0 Å². The fourth-order valence-electron chi connectivity index (χ4n) is 2.82. The molecule has 2 nitrogen and oxygen atoms in total. The van der Waals surface area contributed by atoms with Crippen molar-refractivity contribution < 1.29 is 4.79 Å². The van der Waals surface area contributed by atoms with Crippen LogP contribution in [0.2, 0.25) is 0 Å². The van der Waals surface area contributed by atoms with E-state index in [0.717, 1.165) is 25.9 Å². The molecule has 0 saturated heterocycles. The zero-order valence-corrected chi connectivity index (χ0v) is 15.4. The van der Waals surface area contributed by atoms with Crippen molar-refractivity contribution in [3.63, 3.8) is 0 Å². The van der Waals surface area contributed by atoms with Gasteiger partial charge in [0.1, 0.15) is 5.88 Å². The van der Waals surface area contributed by atoms with E-state index in [0.29, 0.717) is 11.8 Å². The summed E-state index contributed by atoms with van der Waals surface area (Å²) >= 11 is 5.82. The molecule has 0 unspecified atom stereocenters. The van der Waals surface area contributed by atoms with Gasteiger partial charge in [0, 0.05) is 13.1 Å². The van der Waals surface area contributed by atoms with Crippen LogP contribution in [-0.2, 0) is 4.79 Å². The molecule has 0 aromatic rings. The summed E-state index contributed by atoms with van der Waals surface area (Å²) in [7, 11) is 0. The summed E-state index contributed by atoms with van der Waals surface area (Å²) < 4.78 is 0. The van der Waals surface area contributed by atoms with E-state index in [4.69, 9.17) is 11.6 Å². The zero-order valence-electron chi connectivity index (χ0n) is 14.7. The van der Waals surface area contributed by atoms with Gasteiger partial charge in [-0.05, 0) is 24.7 Å². The van der Waals surface area contributed by atoms with Crippen molar-refractivity contribution in [3.05, 3.63) is 0 Å². The lowest BCUT2D eigenvalue weighted by molar-refractivity contribution is -0.130. The summed E-state index contributed by atoms with van der Waals surface area (Å²) in [5, 5.41) is 0. The first-order valence-corrected chi connectivity index (χ1v) is 9.49. The third kappa shape index (κ3) is 9.39. The maximum absolute atomic E-state index is 12.2. The molecule has 0 radical (unpaired) electrons. The number of carbonyl (C=O) groups is 1. The first kappa shape index (κ1) is 20.8. The number of nitrogens with zero attached hydrogens (tertiary/aromatic N) is 1. The molecule has 0 N–H and O–H groups in total. The Hall–Kier alpha value is -0.240. The third-order valence-corrected chi connectivity index (χ3v) is 4.74. The van der Waals surface area contributed by atoms with E-state index in [1.807, 2.05) is 4.90 Å². The van der Waals surface area contributed by atoms with Crippen LogP contribution in [0.5, 0.6) is 0 Å². The summed E-state index contributed by atoms with van der Waals surface area (Å²) in [4.78, 5) is 14.2. The molecule has 0 fully saturated rings. The molecule has 1 amide bonds. The van der Waals surface area contributed by atoms with Crippen molar-refractivity contribution >= 4 is 17.5 Å². The van der Waals surface area contributed by atoms with Crippen LogP contribution in [0.1, 0.15) is 79.1 Å². The van der Waals surface area contributed by atoms with Gasteiger partial charge in [-0.15, -0.1) is 11.6 Å². The van der Waals surface area contributed by atoms with Crippen molar-refractivity contribution in [2.24, 2.45) is 11.8 Å². The number of hydrogen-bond acceptors (Lipinski definition) is 1. The number of rotatable bonds is 13. The van der Waals surface area contributed by atoms with Crippen molar-refractivity contribution in [3.8, 4) is 0 Å². The Kier molecular flexibility index (Phi) is 13.3. The van der Waals surface area contributed by atoms with Gasteiger partial charge < -0.3 is 4.90 Å². The van der Waals surface area contributed by atoms with Gasteiger partial charge in [-0.1, -0.05) is 66.2 Å². The van der Waals surface area contributed by atoms with Gasteiger partial charge in [-0.3, -0.25) is 4.79 Å². The second kappa shape index (κ2) is 13.4. The van der Waals surface area contributed by atoms with Crippen LogP contribution >= 0.6 is 11.6 Å². The molecule has 0 aliphatic rings. The fraction of sp³-hybridized carbons (Fsp3) is 0.944. The maximum atomic E-state index is 12.2. The lowest BCUT2D eigenvalue weighted by Gasteiger charge is -2.30. The van der Waals surface area contributed by atoms with E-state index in [2.05, 4.69) is 27.7 Å². The van der Waals surface area contributed by atoms with Crippen LogP contribution in [0, 0.1) is 11.8 Å². The second-order valence-corrected chi connectivity index (χ2v) is 6.53. The Labute approximate surface area is 137 Å². The van der Waals surface area contributed by atoms with E-state index in [9.17, 15) is 4.79 Å². The summed E-state index contributed by atoms with van der Waals surface area (Å²) in [5.74, 6) is 1.48. The molecule has 0 aromatic carbocycles. The van der Waals surface area contributed by atoms with Crippen molar-refractivity contribution in [1.29, 1.82) is 0 Å². The van der Waals surface area contributed by atoms with Gasteiger partial charge >= 0.3 is 0 Å². The normalized spacial score (nSPS) is 14.0. The molecular weight excluding hydrogens is 282 g/mol. The molecule has 0 aliphatic carbocycles. The molecule has 21 heavy (non-hydrogen) atoms. The number of halogens is 1. The molecular formula is C18H36ClNO. The van der Waals surface area contributed by atoms with Crippen LogP contribution in [0.15, 0.2) is 0 Å². The smallest absolute Gasteiger partial charge is 0.237 e. The molecule has 0 aromatic heterocycles. The molecule has 3 heteroatoms. The minimum atomic E-state index is 0.113. The fourth-order valence-corrected chi connectivity index (χ4v) is 2.99. The van der Waals surface area contributed by atoms with Crippen LogP contribution in [0.4, 0.5) is 0 Å². The average molecular weight is 318 g/mol. The molecule has 0 saturated carbocycles. The van der Waals surface area contributed by atoms with E-state index in [-0.39, 0.29) is 11.8 Å². The Bertz CT molecular complexity index is 240. The number of unbranched alkanes of at least 4 members (excludes halogenated alkanes) is 2. The van der Waals surface area contributed by atoms with Gasteiger partial charge in [0.05, 0.1) is 0 Å². The first-order valence-electron chi connectivity index (χ1n) is 8.96. The highest BCUT2D eigenvalue weighted by Gasteiger charge is 2.20. The second-order valence-electron chi connectivity index (χ2n) is 6.27. The largest absolute Gasteiger partial charge is 0.341 e. The molecule has 126 valence electrons. The number of carbonyl (C=O) groups excluding carboxylic acids is 1. The minimum absolute atomic E-state index is 0.113. The average Bonchev–Trinajstić information content (AvgIpc) is 2.52. The highest BCUT2D eigenvalue weighted by atomic mass is 35.5. The Morgan fingerprint density at radius 2 is 1.33 bits per heavy atom. The Morgan fingerprint density at radius 1 is 0.905 bits per heavy atom. The molecule has 0 aliphatic heterocycles. The topological polar surface area (TPSA) is 20.3 Å². The van der Waals surface area contributed by atoms with Crippen molar-refractivity contribution in [2.45, 2.75) is 79.1 Å². The first-order chi connectivity index (χ1) is 10.1. The Morgan fingerprint density at radius 3 is 1.62 bits per heavy atom. The number of alkyl halides is 1. The van der Waals surface area contributed by atoms with Gasteiger partial charge in [-0.2, -0.15) is 0 Å². The summed E-state index contributed by atoms with van der Waals surface area (Å²) in [6, 6.07) is 0. The molecule has 0 rings (SSSR count). The number of amides is 1. The predicted octanol–water partition coefficient (Wildman–Crippen LogP) is 5.49. The monoisotopic (exact) mass is 317 g/mol. The SMILES string of the molecule is CCCC[C@H](CC)CN(C[C@@H](CC)CCCC)C(=O)CCl. The maximum Gasteiger partial charge on any atom is 0.237 e. The zero-order chi connectivity index (χ0) is 16.1. The van der Waals surface area contributed by atoms with E-state index < -0.39 is 0 Å². The van der Waals surface area contributed by atoms with Crippen LogP contribution in [0.25, 0.3) is 0 Å². The molecule has 2 atom stereocenters. The third-order valence-electron chi connectivity index (χ3n) is 4.51. The standard InChI is InChI=1S/C18H36ClNO/c1-5-9-11-16(7-3)14-20(18(21)13-19)15-17(8-4)12-10-6-2/h16-17H,5-15H2,1-4H3/t16-,17-/m0/s1. The number of hydrogen-bond donors (Lipinski definition) is 0. The van der Waals surface area contributed by atoms with Crippen molar-refractivity contribution in [1.82, 2.24) is 4.90 Å². The Balaban J connectivity index is 4.57. The highest BCUT2D eigenvalue weighted by Crippen LogP contribution is 2.19. The lowest BCUT2D eigenvalue weighted by atomic mass is 9.95. The van der Waals surface area contributed by atoms with E-state index >= 15 is 0 Å². The van der Waals surface area contributed by atoms with Crippen LogP contribution in [-0.4, -0.2) is 29.8 Å².